The Kier molecular flexibility index (Phi) is 4.27. The quantitative estimate of drug-likeness (QED) is 0.341. The molecule has 0 saturated carbocycles. The van der Waals surface area contributed by atoms with Crippen LogP contribution in [0.4, 0.5) is 0 Å². The summed E-state index contributed by atoms with van der Waals surface area (Å²) in [7, 11) is 1.86. The summed E-state index contributed by atoms with van der Waals surface area (Å²) in [6, 6.07) is -0.385. The molecule has 4 heterocycles. The van der Waals surface area contributed by atoms with Crippen LogP contribution in [0.3, 0.4) is 0 Å². The van der Waals surface area contributed by atoms with Crippen LogP contribution in [0, 0.1) is 11.8 Å². The monoisotopic (exact) mass is 404 g/mol. The number of nitrogens with one attached hydrogen (secondary N) is 1. The number of aliphatic hydroxyl groups is 1. The van der Waals surface area contributed by atoms with Gasteiger partial charge < -0.3 is 25.2 Å². The summed E-state index contributed by atoms with van der Waals surface area (Å²) in [6.07, 6.45) is 3.44. The van der Waals surface area contributed by atoms with Gasteiger partial charge in [0.15, 0.2) is 5.69 Å². The third-order valence-corrected chi connectivity index (χ3v) is 6.84. The van der Waals surface area contributed by atoms with Gasteiger partial charge in [-0.25, -0.2) is 4.57 Å². The maximum atomic E-state index is 12.5. The van der Waals surface area contributed by atoms with Crippen LogP contribution in [-0.4, -0.2) is 45.0 Å². The number of carboxylic acid groups (broad SMARTS) is 1. The van der Waals surface area contributed by atoms with Gasteiger partial charge in [0, 0.05) is 11.5 Å². The Balaban J connectivity index is 1.81. The minimum Gasteiger partial charge on any atom is -0.543 e. The number of rotatable bonds is 6. The second-order valence-corrected chi connectivity index (χ2v) is 8.31. The van der Waals surface area contributed by atoms with E-state index in [9.17, 15) is 24.6 Å². The number of hydrogen-bond acceptors (Lipinski definition) is 6. The molecule has 0 radical (unpaired) electrons. The predicted octanol–water partition coefficient (Wildman–Crippen LogP) is -1.61. The molecule has 0 unspecified atom stereocenters. The highest BCUT2D eigenvalue weighted by Crippen LogP contribution is 2.51. The van der Waals surface area contributed by atoms with Crippen molar-refractivity contribution in [3.05, 3.63) is 28.8 Å². The van der Waals surface area contributed by atoms with Gasteiger partial charge in [-0.1, -0.05) is 18.3 Å². The van der Waals surface area contributed by atoms with Crippen molar-refractivity contribution >= 4 is 40.0 Å². The Morgan fingerprint density at radius 2 is 2.25 bits per heavy atom. The molecule has 10 heteroatoms. The van der Waals surface area contributed by atoms with E-state index in [0.29, 0.717) is 18.5 Å². The lowest BCUT2D eigenvalue weighted by atomic mass is 9.77. The van der Waals surface area contributed by atoms with Crippen LogP contribution in [0.25, 0.3) is 10.4 Å². The lowest BCUT2D eigenvalue weighted by molar-refractivity contribution is -0.508. The van der Waals surface area contributed by atoms with Crippen molar-refractivity contribution in [2.75, 3.05) is 0 Å². The van der Waals surface area contributed by atoms with E-state index >= 15 is 0 Å². The van der Waals surface area contributed by atoms with Crippen LogP contribution in [0.1, 0.15) is 24.4 Å². The Bertz CT molecular complexity index is 1040. The molecule has 2 N–H and O–H groups in total. The number of aliphatic hydroxyl groups excluding tert-OH is 1. The molecule has 1 fully saturated rings. The molecule has 2 aliphatic heterocycles. The van der Waals surface area contributed by atoms with Gasteiger partial charge in [-0.05, 0) is 6.92 Å². The second kappa shape index (κ2) is 6.42. The molecule has 2 aromatic heterocycles. The van der Waals surface area contributed by atoms with E-state index in [1.54, 1.807) is 6.92 Å². The number of carbonyl (C=O) groups is 3. The zero-order valence-electron chi connectivity index (χ0n) is 15.6. The van der Waals surface area contributed by atoms with Crippen molar-refractivity contribution in [3.8, 4) is 0 Å². The number of aryl methyl sites for hydroxylation is 1. The lowest BCUT2D eigenvalue weighted by Gasteiger charge is -2.47. The number of imidazole rings is 1. The van der Waals surface area contributed by atoms with Crippen molar-refractivity contribution in [1.82, 2.24) is 14.8 Å². The van der Waals surface area contributed by atoms with Crippen molar-refractivity contribution < 1.29 is 29.0 Å². The zero-order valence-corrected chi connectivity index (χ0v) is 16.4. The van der Waals surface area contributed by atoms with Gasteiger partial charge in [0.2, 0.25) is 23.5 Å². The highest BCUT2D eigenvalue weighted by atomic mass is 32.1. The summed E-state index contributed by atoms with van der Waals surface area (Å²) in [6.45, 7) is 3.76. The van der Waals surface area contributed by atoms with Gasteiger partial charge in [0.25, 0.3) is 0 Å². The topological polar surface area (TPSA) is 119 Å². The molecule has 0 aromatic carbocycles. The number of carboxylic acids is 1. The first kappa shape index (κ1) is 18.6. The summed E-state index contributed by atoms with van der Waals surface area (Å²) < 4.78 is 3.76. The first-order valence-electron chi connectivity index (χ1n) is 8.91. The molecule has 148 valence electrons. The number of β-lactam (4-membered cyclic amide) rings is 1. The van der Waals surface area contributed by atoms with Crippen LogP contribution in [0.2, 0.25) is 0 Å². The molecule has 4 atom stereocenters. The highest BCUT2D eigenvalue weighted by molar-refractivity contribution is 7.18. The van der Waals surface area contributed by atoms with E-state index in [1.165, 1.54) is 16.2 Å². The third-order valence-electron chi connectivity index (χ3n) is 5.65. The maximum absolute atomic E-state index is 12.5. The van der Waals surface area contributed by atoms with E-state index in [0.717, 1.165) is 15.4 Å². The second-order valence-electron chi connectivity index (χ2n) is 7.28. The summed E-state index contributed by atoms with van der Waals surface area (Å²) >= 11 is 1.40. The van der Waals surface area contributed by atoms with E-state index in [2.05, 4.69) is 5.32 Å². The number of fused-ring (bicyclic) bond motifs is 2. The van der Waals surface area contributed by atoms with Crippen LogP contribution < -0.4 is 14.8 Å². The zero-order chi connectivity index (χ0) is 20.3. The minimum atomic E-state index is -1.40. The fraction of sp³-hybridized carbons (Fsp3) is 0.444. The number of hydrogen-bond donors (Lipinski definition) is 2. The molecule has 2 aromatic rings. The fourth-order valence-electron chi connectivity index (χ4n) is 4.42. The summed E-state index contributed by atoms with van der Waals surface area (Å²) in [5.74, 6) is -2.64. The largest absolute Gasteiger partial charge is 0.543 e. The lowest BCUT2D eigenvalue weighted by Crippen LogP contribution is -2.64. The number of nitrogens with zero attached hydrogens (tertiary/aromatic N) is 3. The van der Waals surface area contributed by atoms with Crippen LogP contribution in [0.15, 0.2) is 18.2 Å². The van der Waals surface area contributed by atoms with Gasteiger partial charge in [-0.3, -0.25) is 9.59 Å². The Hall–Kier alpha value is -2.72. The minimum absolute atomic E-state index is 0.110. The standard InChI is InChI=1S/C18H20N4O5S/c1-8-12(15(18(26)27)22-14(8)13(9(2)24)16(22)25)11-5-21-7-20(3)10(4-19-6-23)17(21)28-11/h5-9,13-14,24H,4H2,1-3H3,(H-,19,23,26,27)/t8-,9+,13+,14+/m0/s1. The van der Waals surface area contributed by atoms with Gasteiger partial charge in [-0.2, -0.15) is 4.40 Å². The van der Waals surface area contributed by atoms with E-state index in [-0.39, 0.29) is 23.6 Å². The Morgan fingerprint density at radius 1 is 1.54 bits per heavy atom. The molecule has 1 saturated heterocycles. The Morgan fingerprint density at radius 3 is 2.86 bits per heavy atom. The fourth-order valence-corrected chi connectivity index (χ4v) is 5.72. The molecule has 2 amide bonds. The summed E-state index contributed by atoms with van der Waals surface area (Å²) in [5.41, 5.74) is 1.32. The number of aliphatic carboxylic acids is 1. The van der Waals surface area contributed by atoms with Gasteiger partial charge in [0.05, 0.1) is 48.2 Å². The average Bonchev–Trinajstić information content (AvgIpc) is 3.20. The van der Waals surface area contributed by atoms with Crippen molar-refractivity contribution in [1.29, 1.82) is 0 Å². The molecule has 0 aliphatic carbocycles. The smallest absolute Gasteiger partial charge is 0.249 e. The van der Waals surface area contributed by atoms with E-state index in [4.69, 9.17) is 0 Å². The van der Waals surface area contributed by atoms with Gasteiger partial charge in [-0.15, -0.1) is 0 Å². The molecule has 28 heavy (non-hydrogen) atoms. The van der Waals surface area contributed by atoms with Crippen LogP contribution in [-0.2, 0) is 28.0 Å². The molecular formula is C18H20N4O5S. The van der Waals surface area contributed by atoms with Gasteiger partial charge in [0.1, 0.15) is 6.20 Å². The SMILES string of the molecule is C[C@@H](O)[C@H]1C(=O)N2C(C(=O)[O-])=C(c3c[n+]4cn(C)c(CNC=O)c4s3)[C@H](C)[C@H]12. The highest BCUT2D eigenvalue weighted by Gasteiger charge is 2.59. The molecular weight excluding hydrogens is 384 g/mol. The Labute approximate surface area is 164 Å². The number of amides is 2. The normalized spacial score (nSPS) is 25.1. The molecule has 0 bridgehead atoms. The van der Waals surface area contributed by atoms with Gasteiger partial charge >= 0.3 is 0 Å². The van der Waals surface area contributed by atoms with Crippen LogP contribution in [0.5, 0.6) is 0 Å². The van der Waals surface area contributed by atoms with Crippen molar-refractivity contribution in [2.24, 2.45) is 18.9 Å². The van der Waals surface area contributed by atoms with Crippen molar-refractivity contribution in [2.45, 2.75) is 32.5 Å². The summed E-state index contributed by atoms with van der Waals surface area (Å²) in [5, 5.41) is 24.5. The third kappa shape index (κ3) is 2.41. The van der Waals surface area contributed by atoms with E-state index in [1.807, 2.05) is 35.5 Å². The van der Waals surface area contributed by atoms with Crippen LogP contribution >= 0.6 is 11.3 Å². The number of thiazole rings is 1. The number of carbonyl (C=O) groups excluding carboxylic acids is 3. The predicted molar refractivity (Wildman–Crippen MR) is 96.2 cm³/mol. The average molecular weight is 404 g/mol. The molecule has 2 aliphatic rings. The molecule has 0 spiro atoms. The number of aromatic nitrogens is 2. The summed E-state index contributed by atoms with van der Waals surface area (Å²) in [4.78, 5) is 37.8. The van der Waals surface area contributed by atoms with E-state index < -0.39 is 18.0 Å². The first-order chi connectivity index (χ1) is 13.3. The maximum Gasteiger partial charge on any atom is 0.249 e. The molecule has 9 nitrogen and oxygen atoms in total. The molecule has 4 rings (SSSR count). The van der Waals surface area contributed by atoms with Crippen molar-refractivity contribution in [3.63, 3.8) is 0 Å². The first-order valence-corrected chi connectivity index (χ1v) is 9.72.